The number of rotatable bonds is 3. The molecule has 5 nitrogen and oxygen atoms in total. The molecular weight excluding hydrogens is 308 g/mol. The molecule has 4 fully saturated rings. The highest BCUT2D eigenvalue weighted by atomic mass is 16.8. The lowest BCUT2D eigenvalue weighted by molar-refractivity contribution is -0.202. The highest BCUT2D eigenvalue weighted by Gasteiger charge is 2.56. The second-order valence-corrected chi connectivity index (χ2v) is 8.39. The Bertz CT molecular complexity index is 449. The Morgan fingerprint density at radius 2 is 1.83 bits per heavy atom. The maximum atomic E-state index is 9.20. The van der Waals surface area contributed by atoms with E-state index in [0.717, 1.165) is 38.5 Å². The van der Waals surface area contributed by atoms with Crippen molar-refractivity contribution in [1.29, 1.82) is 0 Å². The van der Waals surface area contributed by atoms with Gasteiger partial charge in [0.15, 0.2) is 5.79 Å². The van der Waals surface area contributed by atoms with E-state index < -0.39 is 0 Å². The average molecular weight is 340 g/mol. The zero-order valence-corrected chi connectivity index (χ0v) is 15.0. The molecule has 0 radical (unpaired) electrons. The van der Waals surface area contributed by atoms with Gasteiger partial charge in [-0.15, -0.1) is 0 Å². The summed E-state index contributed by atoms with van der Waals surface area (Å²) in [7, 11) is 0. The summed E-state index contributed by atoms with van der Waals surface area (Å²) < 4.78 is 25.5. The van der Waals surface area contributed by atoms with Gasteiger partial charge in [-0.1, -0.05) is 6.42 Å². The van der Waals surface area contributed by atoms with Crippen LogP contribution >= 0.6 is 0 Å². The zero-order chi connectivity index (χ0) is 16.8. The third-order valence-electron chi connectivity index (χ3n) is 6.46. The summed E-state index contributed by atoms with van der Waals surface area (Å²) >= 11 is 0. The molecule has 0 aromatic heterocycles. The van der Waals surface area contributed by atoms with Crippen LogP contribution in [0.3, 0.4) is 0 Å². The molecular formula is C19H32O5. The van der Waals surface area contributed by atoms with Crippen molar-refractivity contribution in [2.75, 3.05) is 6.61 Å². The van der Waals surface area contributed by atoms with Gasteiger partial charge in [0.05, 0.1) is 30.0 Å². The Kier molecular flexibility index (Phi) is 4.67. The van der Waals surface area contributed by atoms with Crippen LogP contribution in [-0.2, 0) is 18.9 Å². The summed E-state index contributed by atoms with van der Waals surface area (Å²) in [5, 5.41) is 9.20. The maximum absolute atomic E-state index is 9.20. The van der Waals surface area contributed by atoms with E-state index in [2.05, 4.69) is 13.8 Å². The van der Waals surface area contributed by atoms with Crippen LogP contribution in [-0.4, -0.2) is 53.6 Å². The van der Waals surface area contributed by atoms with E-state index in [-0.39, 0.29) is 48.5 Å². The number of hydrogen-bond acceptors (Lipinski definition) is 5. The minimum absolute atomic E-state index is 0.00502. The zero-order valence-electron chi connectivity index (χ0n) is 15.0. The molecule has 1 N–H and O–H groups in total. The maximum Gasteiger partial charge on any atom is 0.169 e. The van der Waals surface area contributed by atoms with E-state index in [4.69, 9.17) is 18.9 Å². The normalized spacial score (nSPS) is 47.9. The average Bonchev–Trinajstić information content (AvgIpc) is 3.05. The van der Waals surface area contributed by atoms with Crippen LogP contribution in [0.2, 0.25) is 0 Å². The van der Waals surface area contributed by atoms with Gasteiger partial charge in [0.25, 0.3) is 0 Å². The summed E-state index contributed by atoms with van der Waals surface area (Å²) in [6.45, 7) is 4.48. The summed E-state index contributed by atoms with van der Waals surface area (Å²) in [6, 6.07) is 0. The van der Waals surface area contributed by atoms with Gasteiger partial charge in [-0.3, -0.25) is 0 Å². The van der Waals surface area contributed by atoms with Crippen LogP contribution < -0.4 is 0 Å². The second kappa shape index (κ2) is 6.51. The molecule has 24 heavy (non-hydrogen) atoms. The lowest BCUT2D eigenvalue weighted by Crippen LogP contribution is -2.46. The van der Waals surface area contributed by atoms with Gasteiger partial charge in [-0.05, 0) is 46.0 Å². The van der Waals surface area contributed by atoms with E-state index in [0.29, 0.717) is 0 Å². The Labute approximate surface area is 145 Å². The van der Waals surface area contributed by atoms with Crippen molar-refractivity contribution in [2.24, 2.45) is 0 Å². The Hall–Kier alpha value is -0.200. The predicted molar refractivity (Wildman–Crippen MR) is 88.7 cm³/mol. The summed E-state index contributed by atoms with van der Waals surface area (Å²) in [5.41, 5.74) is -0.256. The number of fused-ring (bicyclic) bond motifs is 1. The van der Waals surface area contributed by atoms with Crippen LogP contribution in [0.25, 0.3) is 0 Å². The van der Waals surface area contributed by atoms with Crippen molar-refractivity contribution in [3.8, 4) is 0 Å². The molecule has 1 aliphatic carbocycles. The van der Waals surface area contributed by atoms with Crippen LogP contribution in [0.4, 0.5) is 0 Å². The number of hydrogen-bond donors (Lipinski definition) is 1. The van der Waals surface area contributed by atoms with E-state index in [9.17, 15) is 5.11 Å². The van der Waals surface area contributed by atoms with Crippen molar-refractivity contribution in [3.63, 3.8) is 0 Å². The van der Waals surface area contributed by atoms with Crippen molar-refractivity contribution >= 4 is 0 Å². The summed E-state index contributed by atoms with van der Waals surface area (Å²) in [4.78, 5) is 0. The molecule has 0 aromatic carbocycles. The highest BCUT2D eigenvalue weighted by Crippen LogP contribution is 2.48. The molecule has 1 spiro atoms. The van der Waals surface area contributed by atoms with E-state index in [1.807, 2.05) is 0 Å². The first-order chi connectivity index (χ1) is 11.5. The third-order valence-corrected chi connectivity index (χ3v) is 6.46. The molecule has 4 unspecified atom stereocenters. The molecule has 5 heteroatoms. The SMILES string of the molecule is CC1OC2(CCCCC2)OC1C1C[C@]2(C)OC(CCO)CC[C@@H]2O1. The first kappa shape index (κ1) is 17.2. The fourth-order valence-corrected chi connectivity index (χ4v) is 5.23. The van der Waals surface area contributed by atoms with Gasteiger partial charge in [-0.25, -0.2) is 0 Å². The topological polar surface area (TPSA) is 57.2 Å². The minimum Gasteiger partial charge on any atom is -0.396 e. The standard InChI is InChI=1S/C19H32O5/c1-13-17(24-19(22-13)9-4-3-5-10-19)15-12-18(2)16(21-15)7-6-14(23-18)8-11-20/h13-17,20H,3-12H2,1-2H3/t13?,14?,15?,16-,17?,18-/m0/s1. The van der Waals surface area contributed by atoms with E-state index in [1.165, 1.54) is 19.3 Å². The second-order valence-electron chi connectivity index (χ2n) is 8.39. The smallest absolute Gasteiger partial charge is 0.169 e. The number of aliphatic hydroxyl groups is 1. The molecule has 0 amide bonds. The van der Waals surface area contributed by atoms with Crippen molar-refractivity contribution < 1.29 is 24.1 Å². The largest absolute Gasteiger partial charge is 0.396 e. The highest BCUT2D eigenvalue weighted by molar-refractivity contribution is 5.03. The Morgan fingerprint density at radius 3 is 2.58 bits per heavy atom. The van der Waals surface area contributed by atoms with Crippen LogP contribution in [0.15, 0.2) is 0 Å². The monoisotopic (exact) mass is 340 g/mol. The van der Waals surface area contributed by atoms with Crippen LogP contribution in [0, 0.1) is 0 Å². The van der Waals surface area contributed by atoms with Gasteiger partial charge in [-0.2, -0.15) is 0 Å². The number of ether oxygens (including phenoxy) is 4. The van der Waals surface area contributed by atoms with E-state index in [1.54, 1.807) is 0 Å². The minimum atomic E-state index is -0.360. The van der Waals surface area contributed by atoms with E-state index >= 15 is 0 Å². The Balaban J connectivity index is 1.43. The molecule has 3 heterocycles. The summed E-state index contributed by atoms with van der Waals surface area (Å²) in [6.07, 6.45) is 9.65. The molecule has 4 rings (SSSR count). The first-order valence-electron chi connectivity index (χ1n) is 9.83. The lowest BCUT2D eigenvalue weighted by Gasteiger charge is -2.39. The lowest BCUT2D eigenvalue weighted by atomic mass is 9.87. The first-order valence-corrected chi connectivity index (χ1v) is 9.83. The molecule has 0 bridgehead atoms. The van der Waals surface area contributed by atoms with Gasteiger partial charge in [0.1, 0.15) is 6.10 Å². The third kappa shape index (κ3) is 3.03. The quantitative estimate of drug-likeness (QED) is 0.856. The predicted octanol–water partition coefficient (Wildman–Crippen LogP) is 2.93. The molecule has 6 atom stereocenters. The van der Waals surface area contributed by atoms with Crippen LogP contribution in [0.5, 0.6) is 0 Å². The van der Waals surface area contributed by atoms with Crippen molar-refractivity contribution in [3.05, 3.63) is 0 Å². The molecule has 1 saturated carbocycles. The Morgan fingerprint density at radius 1 is 1.04 bits per heavy atom. The molecule has 3 aliphatic heterocycles. The molecule has 3 saturated heterocycles. The summed E-state index contributed by atoms with van der Waals surface area (Å²) in [5.74, 6) is -0.360. The molecule has 4 aliphatic rings. The number of aliphatic hydroxyl groups excluding tert-OH is 1. The van der Waals surface area contributed by atoms with Gasteiger partial charge in [0.2, 0.25) is 0 Å². The molecule has 138 valence electrons. The van der Waals surface area contributed by atoms with Gasteiger partial charge >= 0.3 is 0 Å². The molecule has 0 aromatic rings. The van der Waals surface area contributed by atoms with Crippen LogP contribution in [0.1, 0.15) is 71.6 Å². The fourth-order valence-electron chi connectivity index (χ4n) is 5.23. The van der Waals surface area contributed by atoms with Crippen molar-refractivity contribution in [1.82, 2.24) is 0 Å². The van der Waals surface area contributed by atoms with Gasteiger partial charge in [0, 0.05) is 25.9 Å². The van der Waals surface area contributed by atoms with Gasteiger partial charge < -0.3 is 24.1 Å². The fraction of sp³-hybridized carbons (Fsp3) is 1.00. The van der Waals surface area contributed by atoms with Crippen molar-refractivity contribution in [2.45, 2.75) is 114 Å².